The molecule has 6 nitrogen and oxygen atoms in total. The van der Waals surface area contributed by atoms with E-state index in [-0.39, 0.29) is 17.3 Å². The summed E-state index contributed by atoms with van der Waals surface area (Å²) >= 11 is 1.56. The number of ether oxygens (including phenoxy) is 3. The van der Waals surface area contributed by atoms with Gasteiger partial charge in [0.25, 0.3) is 5.91 Å². The molecule has 0 saturated carbocycles. The van der Waals surface area contributed by atoms with E-state index in [1.54, 1.807) is 42.0 Å². The number of esters is 1. The maximum absolute atomic E-state index is 13.6. The van der Waals surface area contributed by atoms with Gasteiger partial charge in [-0.1, -0.05) is 43.7 Å². The Hall–Kier alpha value is -2.67. The van der Waals surface area contributed by atoms with E-state index in [0.717, 1.165) is 18.4 Å². The molecule has 2 aromatic rings. The normalized spacial score (nSPS) is 18.2. The molecular weight excluding hydrogens is 402 g/mol. The quantitative estimate of drug-likeness (QED) is 0.460. The number of unbranched alkanes of at least 4 members (excludes halogenated alkanes) is 1. The lowest BCUT2D eigenvalue weighted by molar-refractivity contribution is -0.148. The summed E-state index contributed by atoms with van der Waals surface area (Å²) in [6.07, 6.45) is 1.74. The molecular formula is C23H27NO5S. The number of carbonyl (C=O) groups is 2. The summed E-state index contributed by atoms with van der Waals surface area (Å²) in [5.74, 6) is 0.839. The Morgan fingerprint density at radius 2 is 1.87 bits per heavy atom. The van der Waals surface area contributed by atoms with Crippen molar-refractivity contribution in [1.29, 1.82) is 0 Å². The van der Waals surface area contributed by atoms with E-state index < -0.39 is 6.04 Å². The van der Waals surface area contributed by atoms with Crippen molar-refractivity contribution in [3.63, 3.8) is 0 Å². The second-order valence-electron chi connectivity index (χ2n) is 6.91. The minimum absolute atomic E-state index is 0.272. The van der Waals surface area contributed by atoms with Crippen LogP contribution in [0, 0.1) is 0 Å². The van der Waals surface area contributed by atoms with Crippen molar-refractivity contribution in [3.05, 3.63) is 59.7 Å². The minimum Gasteiger partial charge on any atom is -0.497 e. The predicted molar refractivity (Wildman–Crippen MR) is 117 cm³/mol. The Morgan fingerprint density at radius 3 is 2.53 bits per heavy atom. The highest BCUT2D eigenvalue weighted by Gasteiger charge is 2.44. The Balaban J connectivity index is 1.95. The lowest BCUT2D eigenvalue weighted by atomic mass is 10.1. The SMILES string of the molecule is CCCCOC(=O)C1CSC(c2ccccc2)N1C(=O)c1ccc(OC)cc1OC. The Bertz CT molecular complexity index is 873. The molecule has 2 unspecified atom stereocenters. The predicted octanol–water partition coefficient (Wildman–Crippen LogP) is 4.30. The third-order valence-electron chi connectivity index (χ3n) is 4.97. The molecule has 3 rings (SSSR count). The van der Waals surface area contributed by atoms with Crippen molar-refractivity contribution in [1.82, 2.24) is 4.90 Å². The van der Waals surface area contributed by atoms with Gasteiger partial charge in [0.2, 0.25) is 0 Å². The summed E-state index contributed by atoms with van der Waals surface area (Å²) in [7, 11) is 3.07. The van der Waals surface area contributed by atoms with Crippen molar-refractivity contribution in [2.75, 3.05) is 26.6 Å². The number of nitrogens with zero attached hydrogens (tertiary/aromatic N) is 1. The highest BCUT2D eigenvalue weighted by atomic mass is 32.2. The molecule has 2 aromatic carbocycles. The molecule has 0 radical (unpaired) electrons. The lowest BCUT2D eigenvalue weighted by Crippen LogP contribution is -2.44. The number of benzene rings is 2. The second-order valence-corrected chi connectivity index (χ2v) is 8.03. The number of amides is 1. The number of rotatable bonds is 8. The van der Waals surface area contributed by atoms with Crippen LogP contribution in [0.3, 0.4) is 0 Å². The largest absolute Gasteiger partial charge is 0.497 e. The molecule has 0 spiro atoms. The molecule has 1 heterocycles. The summed E-state index contributed by atoms with van der Waals surface area (Å²) in [5, 5.41) is -0.283. The van der Waals surface area contributed by atoms with E-state index in [2.05, 4.69) is 0 Å². The number of methoxy groups -OCH3 is 2. The average molecular weight is 430 g/mol. The van der Waals surface area contributed by atoms with Crippen LogP contribution in [0.4, 0.5) is 0 Å². The highest BCUT2D eigenvalue weighted by molar-refractivity contribution is 7.99. The Kier molecular flexibility index (Phi) is 7.63. The maximum atomic E-state index is 13.6. The summed E-state index contributed by atoms with van der Waals surface area (Å²) in [5.41, 5.74) is 1.35. The smallest absolute Gasteiger partial charge is 0.329 e. The van der Waals surface area contributed by atoms with Crippen LogP contribution in [-0.2, 0) is 9.53 Å². The van der Waals surface area contributed by atoms with Crippen molar-refractivity contribution in [2.45, 2.75) is 31.2 Å². The molecule has 0 N–H and O–H groups in total. The molecule has 0 aliphatic carbocycles. The van der Waals surface area contributed by atoms with E-state index in [9.17, 15) is 9.59 Å². The van der Waals surface area contributed by atoms with E-state index >= 15 is 0 Å². The lowest BCUT2D eigenvalue weighted by Gasteiger charge is -2.29. The summed E-state index contributed by atoms with van der Waals surface area (Å²) in [6, 6.07) is 14.1. The minimum atomic E-state index is -0.656. The van der Waals surface area contributed by atoms with Gasteiger partial charge in [0.05, 0.1) is 26.4 Å². The van der Waals surface area contributed by atoms with Gasteiger partial charge in [-0.3, -0.25) is 4.79 Å². The first-order chi connectivity index (χ1) is 14.6. The average Bonchev–Trinajstić information content (AvgIpc) is 3.24. The van der Waals surface area contributed by atoms with E-state index in [0.29, 0.717) is 29.4 Å². The molecule has 1 fully saturated rings. The van der Waals surface area contributed by atoms with Crippen LogP contribution < -0.4 is 9.47 Å². The van der Waals surface area contributed by atoms with Crippen molar-refractivity contribution in [3.8, 4) is 11.5 Å². The van der Waals surface area contributed by atoms with Gasteiger partial charge >= 0.3 is 5.97 Å². The molecule has 1 aliphatic rings. The van der Waals surface area contributed by atoms with Gasteiger partial charge in [-0.25, -0.2) is 4.79 Å². The number of hydrogen-bond donors (Lipinski definition) is 0. The van der Waals surface area contributed by atoms with Crippen molar-refractivity contribution in [2.24, 2.45) is 0 Å². The van der Waals surface area contributed by atoms with Crippen LogP contribution in [-0.4, -0.2) is 49.4 Å². The van der Waals surface area contributed by atoms with Gasteiger partial charge in [-0.05, 0) is 24.1 Å². The van der Waals surface area contributed by atoms with E-state index in [1.807, 2.05) is 37.3 Å². The second kappa shape index (κ2) is 10.4. The van der Waals surface area contributed by atoms with Crippen LogP contribution in [0.5, 0.6) is 11.5 Å². The van der Waals surface area contributed by atoms with Crippen LogP contribution in [0.25, 0.3) is 0 Å². The van der Waals surface area contributed by atoms with Gasteiger partial charge in [-0.2, -0.15) is 0 Å². The molecule has 1 aliphatic heterocycles. The standard InChI is InChI=1S/C23H27NO5S/c1-4-5-13-29-23(26)19-15-30-22(16-9-7-6-8-10-16)24(19)21(25)18-12-11-17(27-2)14-20(18)28-3/h6-12,14,19,22H,4-5,13,15H2,1-3H3. The summed E-state index contributed by atoms with van der Waals surface area (Å²) in [6.45, 7) is 2.40. The Labute approximate surface area is 181 Å². The van der Waals surface area contributed by atoms with E-state index in [4.69, 9.17) is 14.2 Å². The fourth-order valence-corrected chi connectivity index (χ4v) is 4.75. The van der Waals surface area contributed by atoms with Gasteiger partial charge < -0.3 is 19.1 Å². The zero-order valence-corrected chi connectivity index (χ0v) is 18.3. The topological polar surface area (TPSA) is 65.1 Å². The van der Waals surface area contributed by atoms with Gasteiger partial charge in [0, 0.05) is 11.8 Å². The van der Waals surface area contributed by atoms with Crippen molar-refractivity contribution < 1.29 is 23.8 Å². The van der Waals surface area contributed by atoms with Crippen molar-refractivity contribution >= 4 is 23.6 Å². The number of thioether (sulfide) groups is 1. The fraction of sp³-hybridized carbons (Fsp3) is 0.391. The van der Waals surface area contributed by atoms with Crippen LogP contribution in [0.2, 0.25) is 0 Å². The van der Waals surface area contributed by atoms with Crippen LogP contribution >= 0.6 is 11.8 Å². The fourth-order valence-electron chi connectivity index (χ4n) is 3.34. The first-order valence-electron chi connectivity index (χ1n) is 9.98. The molecule has 30 heavy (non-hydrogen) atoms. The first kappa shape index (κ1) is 22.0. The van der Waals surface area contributed by atoms with E-state index in [1.165, 1.54) is 7.11 Å². The van der Waals surface area contributed by atoms with Gasteiger partial charge in [0.1, 0.15) is 22.9 Å². The van der Waals surface area contributed by atoms with Crippen LogP contribution in [0.15, 0.2) is 48.5 Å². The molecule has 0 bridgehead atoms. The van der Waals surface area contributed by atoms with Gasteiger partial charge in [-0.15, -0.1) is 11.8 Å². The molecule has 2 atom stereocenters. The summed E-state index contributed by atoms with van der Waals surface area (Å²) < 4.78 is 16.1. The molecule has 0 aromatic heterocycles. The molecule has 160 valence electrons. The Morgan fingerprint density at radius 1 is 1.10 bits per heavy atom. The zero-order chi connectivity index (χ0) is 21.5. The number of hydrogen-bond acceptors (Lipinski definition) is 6. The number of carbonyl (C=O) groups excluding carboxylic acids is 2. The van der Waals surface area contributed by atoms with Gasteiger partial charge in [0.15, 0.2) is 0 Å². The monoisotopic (exact) mass is 429 g/mol. The molecule has 1 amide bonds. The molecule has 1 saturated heterocycles. The third-order valence-corrected chi connectivity index (χ3v) is 6.30. The van der Waals surface area contributed by atoms with Crippen LogP contribution in [0.1, 0.15) is 41.1 Å². The third kappa shape index (κ3) is 4.73. The first-order valence-corrected chi connectivity index (χ1v) is 11.0. The molecule has 7 heteroatoms. The maximum Gasteiger partial charge on any atom is 0.329 e. The highest BCUT2D eigenvalue weighted by Crippen LogP contribution is 2.43. The zero-order valence-electron chi connectivity index (χ0n) is 17.5. The summed E-state index contributed by atoms with van der Waals surface area (Å²) in [4.78, 5) is 28.1.